The molecule has 2 atom stereocenters. The molecule has 16 heavy (non-hydrogen) atoms. The molecule has 8 heteroatoms. The Hall–Kier alpha value is -0.180. The topological polar surface area (TPSA) is 101 Å². The van der Waals surface area contributed by atoms with Crippen LogP contribution in [0.25, 0.3) is 0 Å². The van der Waals surface area contributed by atoms with Crippen LogP contribution in [0.5, 0.6) is 0 Å². The van der Waals surface area contributed by atoms with Crippen molar-refractivity contribution in [3.05, 3.63) is 0 Å². The average Bonchev–Trinajstić information content (AvgIpc) is 2.37. The van der Waals surface area contributed by atoms with Crippen molar-refractivity contribution in [1.82, 2.24) is 4.72 Å². The molecule has 0 aromatic rings. The fourth-order valence-corrected chi connectivity index (χ4v) is 5.08. The maximum absolute atomic E-state index is 11.7. The standard InChI is InChI=1S/C8H17NO5S2/c1-7(5-10)16(13,14)9-8(2)3-4-15(11,12)6-8/h7,9-10H,3-6H2,1-2H3. The van der Waals surface area contributed by atoms with E-state index in [1.807, 2.05) is 0 Å². The van der Waals surface area contributed by atoms with Gasteiger partial charge in [-0.2, -0.15) is 0 Å². The highest BCUT2D eigenvalue weighted by Crippen LogP contribution is 2.24. The molecular formula is C8H17NO5S2. The molecular weight excluding hydrogens is 254 g/mol. The summed E-state index contributed by atoms with van der Waals surface area (Å²) in [5.74, 6) is -0.184. The van der Waals surface area contributed by atoms with Crippen LogP contribution in [-0.4, -0.2) is 50.8 Å². The van der Waals surface area contributed by atoms with E-state index in [9.17, 15) is 16.8 Å². The summed E-state index contributed by atoms with van der Waals surface area (Å²) in [5, 5.41) is 7.86. The molecule has 0 radical (unpaired) electrons. The van der Waals surface area contributed by atoms with Gasteiger partial charge in [-0.3, -0.25) is 0 Å². The molecule has 0 amide bonds. The Labute approximate surface area is 96.0 Å². The van der Waals surface area contributed by atoms with Crippen molar-refractivity contribution >= 4 is 19.9 Å². The van der Waals surface area contributed by atoms with Gasteiger partial charge in [-0.1, -0.05) is 0 Å². The fourth-order valence-electron chi connectivity index (χ4n) is 1.63. The van der Waals surface area contributed by atoms with Crippen LogP contribution in [0.15, 0.2) is 0 Å². The molecule has 0 saturated carbocycles. The molecule has 96 valence electrons. The average molecular weight is 271 g/mol. The van der Waals surface area contributed by atoms with Gasteiger partial charge in [0.2, 0.25) is 10.0 Å². The Morgan fingerprint density at radius 1 is 1.50 bits per heavy atom. The minimum atomic E-state index is -3.67. The Bertz CT molecular complexity index is 455. The van der Waals surface area contributed by atoms with Gasteiger partial charge in [0.05, 0.1) is 23.4 Å². The highest BCUT2D eigenvalue weighted by atomic mass is 32.2. The molecule has 1 aliphatic heterocycles. The Morgan fingerprint density at radius 3 is 2.44 bits per heavy atom. The molecule has 0 aromatic heterocycles. The third-order valence-electron chi connectivity index (χ3n) is 2.68. The summed E-state index contributed by atoms with van der Waals surface area (Å²) in [5.41, 5.74) is -0.943. The first-order valence-corrected chi connectivity index (χ1v) is 8.31. The van der Waals surface area contributed by atoms with Crippen molar-refractivity contribution in [2.75, 3.05) is 18.1 Å². The normalized spacial score (nSPS) is 31.4. The van der Waals surface area contributed by atoms with E-state index in [0.717, 1.165) is 0 Å². The third-order valence-corrected chi connectivity index (χ3v) is 6.57. The lowest BCUT2D eigenvalue weighted by molar-refractivity contribution is 0.293. The number of sulfonamides is 1. The number of sulfone groups is 1. The molecule has 1 rings (SSSR count). The fraction of sp³-hybridized carbons (Fsp3) is 1.00. The SMILES string of the molecule is CC(CO)S(=O)(=O)NC1(C)CCS(=O)(=O)C1. The summed E-state index contributed by atoms with van der Waals surface area (Å²) >= 11 is 0. The Balaban J connectivity index is 2.83. The number of hydrogen-bond donors (Lipinski definition) is 2. The van der Waals surface area contributed by atoms with Crippen LogP contribution in [0.1, 0.15) is 20.3 Å². The lowest BCUT2D eigenvalue weighted by Crippen LogP contribution is -2.50. The van der Waals surface area contributed by atoms with Gasteiger partial charge in [0.15, 0.2) is 9.84 Å². The van der Waals surface area contributed by atoms with Gasteiger partial charge in [0.25, 0.3) is 0 Å². The minimum absolute atomic E-state index is 0.000470. The maximum Gasteiger partial charge on any atom is 0.217 e. The lowest BCUT2D eigenvalue weighted by atomic mass is 10.0. The number of aliphatic hydroxyl groups is 1. The zero-order valence-electron chi connectivity index (χ0n) is 9.30. The second-order valence-corrected chi connectivity index (χ2v) is 8.83. The van der Waals surface area contributed by atoms with Gasteiger partial charge in [-0.15, -0.1) is 0 Å². The summed E-state index contributed by atoms with van der Waals surface area (Å²) < 4.78 is 48.3. The van der Waals surface area contributed by atoms with E-state index in [4.69, 9.17) is 5.11 Å². The van der Waals surface area contributed by atoms with Crippen LogP contribution < -0.4 is 4.72 Å². The molecule has 1 aliphatic rings. The first-order chi connectivity index (χ1) is 7.10. The molecule has 0 aliphatic carbocycles. The van der Waals surface area contributed by atoms with Gasteiger partial charge < -0.3 is 5.11 Å². The third kappa shape index (κ3) is 3.16. The molecule has 1 saturated heterocycles. The summed E-state index contributed by atoms with van der Waals surface area (Å²) in [4.78, 5) is 0. The van der Waals surface area contributed by atoms with Crippen LogP contribution in [0.4, 0.5) is 0 Å². The van der Waals surface area contributed by atoms with Gasteiger partial charge in [-0.05, 0) is 20.3 Å². The van der Waals surface area contributed by atoms with E-state index >= 15 is 0 Å². The second-order valence-electron chi connectivity index (χ2n) is 4.54. The first kappa shape index (κ1) is 13.9. The number of rotatable bonds is 4. The van der Waals surface area contributed by atoms with Crippen molar-refractivity contribution in [2.24, 2.45) is 0 Å². The predicted molar refractivity (Wildman–Crippen MR) is 60.3 cm³/mol. The number of nitrogens with one attached hydrogen (secondary N) is 1. The Morgan fingerprint density at radius 2 is 2.06 bits per heavy atom. The molecule has 0 bridgehead atoms. The second kappa shape index (κ2) is 4.25. The molecule has 1 heterocycles. The summed E-state index contributed by atoms with van der Waals surface area (Å²) in [6, 6.07) is 0. The van der Waals surface area contributed by atoms with Crippen LogP contribution >= 0.6 is 0 Å². The zero-order chi connectivity index (χ0) is 12.6. The zero-order valence-corrected chi connectivity index (χ0v) is 10.9. The van der Waals surface area contributed by atoms with Crippen molar-refractivity contribution in [2.45, 2.75) is 31.1 Å². The molecule has 6 nitrogen and oxygen atoms in total. The van der Waals surface area contributed by atoms with Crippen molar-refractivity contribution in [3.8, 4) is 0 Å². The summed E-state index contributed by atoms with van der Waals surface area (Å²) in [6.45, 7) is 2.45. The van der Waals surface area contributed by atoms with Crippen molar-refractivity contribution in [1.29, 1.82) is 0 Å². The highest BCUT2D eigenvalue weighted by molar-refractivity contribution is 7.92. The van der Waals surface area contributed by atoms with Crippen LogP contribution in [0, 0.1) is 0 Å². The van der Waals surface area contributed by atoms with E-state index in [2.05, 4.69) is 4.72 Å². The van der Waals surface area contributed by atoms with E-state index in [-0.39, 0.29) is 17.9 Å². The smallest absolute Gasteiger partial charge is 0.217 e. The molecule has 0 spiro atoms. The summed E-state index contributed by atoms with van der Waals surface area (Å²) in [7, 11) is -6.82. The summed E-state index contributed by atoms with van der Waals surface area (Å²) in [6.07, 6.45) is 0.271. The van der Waals surface area contributed by atoms with Gasteiger partial charge in [0.1, 0.15) is 0 Å². The molecule has 2 unspecified atom stereocenters. The predicted octanol–water partition coefficient (Wildman–Crippen LogP) is -1.14. The largest absolute Gasteiger partial charge is 0.395 e. The van der Waals surface area contributed by atoms with Crippen LogP contribution in [0.3, 0.4) is 0 Å². The molecule has 1 fully saturated rings. The lowest BCUT2D eigenvalue weighted by Gasteiger charge is -2.25. The van der Waals surface area contributed by atoms with Crippen molar-refractivity contribution in [3.63, 3.8) is 0 Å². The van der Waals surface area contributed by atoms with E-state index < -0.39 is 37.3 Å². The highest BCUT2D eigenvalue weighted by Gasteiger charge is 2.41. The van der Waals surface area contributed by atoms with Gasteiger partial charge in [0, 0.05) is 5.54 Å². The monoisotopic (exact) mass is 271 g/mol. The Kier molecular flexibility index (Phi) is 3.68. The van der Waals surface area contributed by atoms with E-state index in [1.54, 1.807) is 6.92 Å². The van der Waals surface area contributed by atoms with Crippen LogP contribution in [0.2, 0.25) is 0 Å². The minimum Gasteiger partial charge on any atom is -0.395 e. The van der Waals surface area contributed by atoms with E-state index in [1.165, 1.54) is 6.92 Å². The number of hydrogen-bond acceptors (Lipinski definition) is 5. The number of aliphatic hydroxyl groups excluding tert-OH is 1. The molecule has 2 N–H and O–H groups in total. The van der Waals surface area contributed by atoms with Crippen LogP contribution in [-0.2, 0) is 19.9 Å². The molecule has 0 aromatic carbocycles. The van der Waals surface area contributed by atoms with E-state index in [0.29, 0.717) is 0 Å². The maximum atomic E-state index is 11.7. The van der Waals surface area contributed by atoms with Gasteiger partial charge in [-0.25, -0.2) is 21.6 Å². The quantitative estimate of drug-likeness (QED) is 0.673. The van der Waals surface area contributed by atoms with Gasteiger partial charge >= 0.3 is 0 Å². The van der Waals surface area contributed by atoms with Crippen molar-refractivity contribution < 1.29 is 21.9 Å². The first-order valence-electron chi connectivity index (χ1n) is 4.94.